The van der Waals surface area contributed by atoms with E-state index in [9.17, 15) is 4.79 Å². The minimum absolute atomic E-state index is 0.0535. The number of furan rings is 1. The van der Waals surface area contributed by atoms with Crippen LogP contribution in [0.4, 0.5) is 0 Å². The molecule has 2 aromatic carbocycles. The zero-order chi connectivity index (χ0) is 16.7. The average Bonchev–Trinajstić information content (AvgIpc) is 3.28. The molecule has 122 valence electrons. The summed E-state index contributed by atoms with van der Waals surface area (Å²) in [6.07, 6.45) is 1.74. The van der Waals surface area contributed by atoms with Crippen molar-refractivity contribution in [2.24, 2.45) is 0 Å². The molecule has 0 radical (unpaired) electrons. The largest absolute Gasteiger partial charge is 0.459 e. The maximum absolute atomic E-state index is 12.8. The fourth-order valence-corrected chi connectivity index (χ4v) is 3.29. The number of fused-ring (bicyclic) bond motifs is 1. The minimum atomic E-state index is -0.412. The maximum Gasteiger partial charge on any atom is 0.231 e. The number of amides is 1. The van der Waals surface area contributed by atoms with Gasteiger partial charge in [-0.25, -0.2) is 0 Å². The van der Waals surface area contributed by atoms with E-state index in [-0.39, 0.29) is 11.9 Å². The number of hydrogen-bond acceptors (Lipinski definition) is 2. The number of benzene rings is 2. The predicted molar refractivity (Wildman–Crippen MR) is 95.1 cm³/mol. The number of carbonyl (C=O) groups excluding carboxylic acids is 1. The second kappa shape index (κ2) is 5.67. The number of para-hydroxylation sites is 1. The lowest BCUT2D eigenvalue weighted by atomic mass is 9.94. The zero-order valence-electron chi connectivity index (χ0n) is 13.4. The molecule has 24 heavy (non-hydrogen) atoms. The molecule has 0 saturated heterocycles. The predicted octanol–water partition coefficient (Wildman–Crippen LogP) is 5.00. The molecule has 1 aliphatic rings. The van der Waals surface area contributed by atoms with E-state index in [2.05, 4.69) is 5.32 Å². The van der Waals surface area contributed by atoms with Crippen LogP contribution in [0.15, 0.2) is 59.0 Å². The highest BCUT2D eigenvalue weighted by molar-refractivity contribution is 6.30. The Morgan fingerprint density at radius 3 is 2.54 bits per heavy atom. The Morgan fingerprint density at radius 1 is 1.17 bits per heavy atom. The zero-order valence-corrected chi connectivity index (χ0v) is 14.1. The van der Waals surface area contributed by atoms with Gasteiger partial charge in [0.2, 0.25) is 5.91 Å². The SMILES string of the molecule is C[C@@H](NC(=O)C1(c2ccc(Cl)cc2)CC1)c1cc2ccccc2o1. The van der Waals surface area contributed by atoms with Crippen LogP contribution in [0, 0.1) is 0 Å². The normalized spacial score (nSPS) is 16.8. The van der Waals surface area contributed by atoms with Gasteiger partial charge in [-0.15, -0.1) is 0 Å². The monoisotopic (exact) mass is 339 g/mol. The Kier molecular flexibility index (Phi) is 3.61. The Hall–Kier alpha value is -2.26. The van der Waals surface area contributed by atoms with Crippen molar-refractivity contribution >= 4 is 28.5 Å². The van der Waals surface area contributed by atoms with Crippen molar-refractivity contribution in [1.29, 1.82) is 0 Å². The number of nitrogens with one attached hydrogen (secondary N) is 1. The molecule has 3 aromatic rings. The van der Waals surface area contributed by atoms with E-state index in [4.69, 9.17) is 16.0 Å². The molecule has 4 heteroatoms. The lowest BCUT2D eigenvalue weighted by Gasteiger charge is -2.19. The molecule has 1 saturated carbocycles. The lowest BCUT2D eigenvalue weighted by molar-refractivity contribution is -0.124. The highest BCUT2D eigenvalue weighted by Gasteiger charge is 2.51. The van der Waals surface area contributed by atoms with Crippen molar-refractivity contribution in [2.45, 2.75) is 31.2 Å². The van der Waals surface area contributed by atoms with E-state index < -0.39 is 5.41 Å². The molecule has 3 nitrogen and oxygen atoms in total. The third kappa shape index (κ3) is 2.59. The van der Waals surface area contributed by atoms with Gasteiger partial charge in [0.1, 0.15) is 11.3 Å². The topological polar surface area (TPSA) is 42.2 Å². The summed E-state index contributed by atoms with van der Waals surface area (Å²) in [6.45, 7) is 1.95. The molecular weight excluding hydrogens is 322 g/mol. The Balaban J connectivity index is 1.54. The van der Waals surface area contributed by atoms with Gasteiger partial charge in [0, 0.05) is 10.4 Å². The van der Waals surface area contributed by atoms with Crippen molar-refractivity contribution in [3.8, 4) is 0 Å². The molecule has 1 heterocycles. The maximum atomic E-state index is 12.8. The summed E-state index contributed by atoms with van der Waals surface area (Å²) in [5, 5.41) is 4.84. The van der Waals surface area contributed by atoms with Gasteiger partial charge in [0.05, 0.1) is 11.5 Å². The Morgan fingerprint density at radius 2 is 1.88 bits per heavy atom. The van der Waals surface area contributed by atoms with Crippen LogP contribution in [-0.2, 0) is 10.2 Å². The summed E-state index contributed by atoms with van der Waals surface area (Å²) in [5.41, 5.74) is 1.46. The van der Waals surface area contributed by atoms with Crippen LogP contribution >= 0.6 is 11.6 Å². The highest BCUT2D eigenvalue weighted by atomic mass is 35.5. The van der Waals surface area contributed by atoms with E-state index in [1.54, 1.807) is 0 Å². The first kappa shape index (κ1) is 15.3. The Labute approximate surface area is 145 Å². The van der Waals surface area contributed by atoms with Crippen LogP contribution in [0.2, 0.25) is 5.02 Å². The molecule has 1 atom stereocenters. The van der Waals surface area contributed by atoms with E-state index in [0.29, 0.717) is 5.02 Å². The van der Waals surface area contributed by atoms with Crippen LogP contribution in [-0.4, -0.2) is 5.91 Å². The van der Waals surface area contributed by atoms with Crippen LogP contribution in [0.5, 0.6) is 0 Å². The quantitative estimate of drug-likeness (QED) is 0.727. The first-order valence-corrected chi connectivity index (χ1v) is 8.52. The van der Waals surface area contributed by atoms with E-state index in [1.807, 2.05) is 61.5 Å². The van der Waals surface area contributed by atoms with Crippen LogP contribution in [0.1, 0.15) is 37.1 Å². The molecule has 4 rings (SSSR count). The molecule has 0 bridgehead atoms. The van der Waals surface area contributed by atoms with Gasteiger partial charge in [0.25, 0.3) is 0 Å². The van der Waals surface area contributed by atoms with Crippen molar-refractivity contribution in [3.05, 3.63) is 70.9 Å². The molecule has 1 fully saturated rings. The molecule has 0 aliphatic heterocycles. The molecule has 1 amide bonds. The minimum Gasteiger partial charge on any atom is -0.459 e. The highest BCUT2D eigenvalue weighted by Crippen LogP contribution is 2.49. The molecule has 1 aliphatic carbocycles. The average molecular weight is 340 g/mol. The fraction of sp³-hybridized carbons (Fsp3) is 0.250. The first-order valence-electron chi connectivity index (χ1n) is 8.14. The van der Waals surface area contributed by atoms with Gasteiger partial charge in [0.15, 0.2) is 0 Å². The van der Waals surface area contributed by atoms with E-state index in [1.165, 1.54) is 0 Å². The molecule has 1 N–H and O–H groups in total. The van der Waals surface area contributed by atoms with Gasteiger partial charge in [-0.1, -0.05) is 41.9 Å². The van der Waals surface area contributed by atoms with Crippen LogP contribution in [0.3, 0.4) is 0 Å². The van der Waals surface area contributed by atoms with E-state index in [0.717, 1.165) is 35.1 Å². The van der Waals surface area contributed by atoms with Crippen molar-refractivity contribution < 1.29 is 9.21 Å². The summed E-state index contributed by atoms with van der Waals surface area (Å²) in [6, 6.07) is 17.2. The summed E-state index contributed by atoms with van der Waals surface area (Å²) in [4.78, 5) is 12.8. The second-order valence-electron chi connectivity index (χ2n) is 6.47. The van der Waals surface area contributed by atoms with Gasteiger partial charge < -0.3 is 9.73 Å². The molecule has 0 spiro atoms. The third-order valence-electron chi connectivity index (χ3n) is 4.80. The summed E-state index contributed by atoms with van der Waals surface area (Å²) >= 11 is 5.95. The standard InChI is InChI=1S/C20H18ClNO2/c1-13(18-12-14-4-2-3-5-17(14)24-18)22-19(23)20(10-11-20)15-6-8-16(21)9-7-15/h2-9,12-13H,10-11H2,1H3,(H,22,23)/t13-/m1/s1. The number of rotatable bonds is 4. The first-order chi connectivity index (χ1) is 11.6. The van der Waals surface area contributed by atoms with Crippen molar-refractivity contribution in [3.63, 3.8) is 0 Å². The smallest absolute Gasteiger partial charge is 0.231 e. The van der Waals surface area contributed by atoms with Crippen LogP contribution in [0.25, 0.3) is 11.0 Å². The van der Waals surface area contributed by atoms with Crippen LogP contribution < -0.4 is 5.32 Å². The van der Waals surface area contributed by atoms with Gasteiger partial charge in [-0.2, -0.15) is 0 Å². The number of carbonyl (C=O) groups is 1. The summed E-state index contributed by atoms with van der Waals surface area (Å²) in [7, 11) is 0. The van der Waals surface area contributed by atoms with Gasteiger partial charge in [-0.3, -0.25) is 4.79 Å². The van der Waals surface area contributed by atoms with Gasteiger partial charge >= 0.3 is 0 Å². The molecule has 0 unspecified atom stereocenters. The summed E-state index contributed by atoms with van der Waals surface area (Å²) < 4.78 is 5.85. The molecular formula is C20H18ClNO2. The fourth-order valence-electron chi connectivity index (χ4n) is 3.16. The summed E-state index contributed by atoms with van der Waals surface area (Å²) in [5.74, 6) is 0.828. The van der Waals surface area contributed by atoms with Crippen molar-refractivity contribution in [2.75, 3.05) is 0 Å². The van der Waals surface area contributed by atoms with Crippen molar-refractivity contribution in [1.82, 2.24) is 5.32 Å². The van der Waals surface area contributed by atoms with E-state index >= 15 is 0 Å². The molecule has 1 aromatic heterocycles. The lowest BCUT2D eigenvalue weighted by Crippen LogP contribution is -2.36. The third-order valence-corrected chi connectivity index (χ3v) is 5.05. The second-order valence-corrected chi connectivity index (χ2v) is 6.91. The number of hydrogen-bond donors (Lipinski definition) is 1. The number of halogens is 1. The Bertz CT molecular complexity index is 860. The van der Waals surface area contributed by atoms with Gasteiger partial charge in [-0.05, 0) is 49.6 Å².